The Balaban J connectivity index is 2.58. The Bertz CT molecular complexity index is 332. The second-order valence-corrected chi connectivity index (χ2v) is 11.5. The molecule has 0 aromatic heterocycles. The maximum Gasteiger partial charge on any atom is 0.334 e. The molecule has 0 fully saturated rings. The SMILES string of the molecule is CO[Si](C)(CCc1ccc([SiH](C)C)cc1)OC. The smallest absolute Gasteiger partial charge is 0.334 e. The van der Waals surface area contributed by atoms with Crippen molar-refractivity contribution in [2.75, 3.05) is 14.2 Å². The summed E-state index contributed by atoms with van der Waals surface area (Å²) < 4.78 is 11.0. The van der Waals surface area contributed by atoms with Crippen molar-refractivity contribution in [3.63, 3.8) is 0 Å². The van der Waals surface area contributed by atoms with Crippen LogP contribution in [0.25, 0.3) is 0 Å². The lowest BCUT2D eigenvalue weighted by atomic mass is 10.2. The number of hydrogen-bond donors (Lipinski definition) is 0. The van der Waals surface area contributed by atoms with E-state index in [1.54, 1.807) is 14.2 Å². The lowest BCUT2D eigenvalue weighted by molar-refractivity contribution is 0.249. The molecule has 0 bridgehead atoms. The minimum Gasteiger partial charge on any atom is -0.398 e. The fourth-order valence-corrected chi connectivity index (χ4v) is 4.01. The molecule has 4 heteroatoms. The van der Waals surface area contributed by atoms with Crippen molar-refractivity contribution in [1.82, 2.24) is 0 Å². The zero-order valence-electron chi connectivity index (χ0n) is 11.6. The third-order valence-corrected chi connectivity index (χ3v) is 7.98. The fourth-order valence-electron chi connectivity index (χ4n) is 1.73. The predicted octanol–water partition coefficient (Wildman–Crippen LogP) is 2.29. The molecule has 1 aromatic carbocycles. The molecule has 0 atom stereocenters. The largest absolute Gasteiger partial charge is 0.398 e. The highest BCUT2D eigenvalue weighted by molar-refractivity contribution is 6.70. The summed E-state index contributed by atoms with van der Waals surface area (Å²) >= 11 is 0. The van der Waals surface area contributed by atoms with Gasteiger partial charge in [0, 0.05) is 14.2 Å². The van der Waals surface area contributed by atoms with Crippen molar-refractivity contribution >= 4 is 22.5 Å². The van der Waals surface area contributed by atoms with E-state index < -0.39 is 17.4 Å². The average molecular weight is 269 g/mol. The van der Waals surface area contributed by atoms with Gasteiger partial charge in [0.25, 0.3) is 0 Å². The number of aryl methyl sites for hydroxylation is 1. The van der Waals surface area contributed by atoms with Crippen molar-refractivity contribution in [2.24, 2.45) is 0 Å². The van der Waals surface area contributed by atoms with Crippen molar-refractivity contribution in [2.45, 2.75) is 32.1 Å². The van der Waals surface area contributed by atoms with Gasteiger partial charge >= 0.3 is 8.56 Å². The van der Waals surface area contributed by atoms with Gasteiger partial charge in [0.2, 0.25) is 0 Å². The first-order chi connectivity index (χ1) is 8.00. The minimum absolute atomic E-state index is 0.656. The molecule has 0 spiro atoms. The van der Waals surface area contributed by atoms with Crippen LogP contribution in [0.4, 0.5) is 0 Å². The number of benzene rings is 1. The van der Waals surface area contributed by atoms with Crippen LogP contribution >= 0.6 is 0 Å². The predicted molar refractivity (Wildman–Crippen MR) is 79.1 cm³/mol. The Morgan fingerprint density at radius 3 is 2.00 bits per heavy atom. The molecule has 2 nitrogen and oxygen atoms in total. The molecular weight excluding hydrogens is 244 g/mol. The van der Waals surface area contributed by atoms with E-state index in [-0.39, 0.29) is 0 Å². The molecule has 1 rings (SSSR count). The number of rotatable bonds is 6. The van der Waals surface area contributed by atoms with Gasteiger partial charge in [-0.25, -0.2) is 0 Å². The zero-order chi connectivity index (χ0) is 12.9. The molecule has 1 aromatic rings. The van der Waals surface area contributed by atoms with E-state index >= 15 is 0 Å². The van der Waals surface area contributed by atoms with E-state index in [4.69, 9.17) is 8.85 Å². The molecule has 0 saturated heterocycles. The molecule has 17 heavy (non-hydrogen) atoms. The fraction of sp³-hybridized carbons (Fsp3) is 0.538. The van der Waals surface area contributed by atoms with Crippen molar-refractivity contribution < 1.29 is 8.85 Å². The van der Waals surface area contributed by atoms with Gasteiger partial charge in [0.15, 0.2) is 0 Å². The highest BCUT2D eigenvalue weighted by atomic mass is 28.4. The lowest BCUT2D eigenvalue weighted by Gasteiger charge is -2.22. The van der Waals surface area contributed by atoms with Crippen LogP contribution in [0.3, 0.4) is 0 Å². The van der Waals surface area contributed by atoms with Crippen LogP contribution in [-0.4, -0.2) is 31.6 Å². The number of hydrogen-bond acceptors (Lipinski definition) is 2. The van der Waals surface area contributed by atoms with E-state index in [9.17, 15) is 0 Å². The molecule has 0 aliphatic rings. The quantitative estimate of drug-likeness (QED) is 0.737. The van der Waals surface area contributed by atoms with Crippen molar-refractivity contribution in [3.05, 3.63) is 29.8 Å². The van der Waals surface area contributed by atoms with Gasteiger partial charge in [-0.05, 0) is 24.6 Å². The van der Waals surface area contributed by atoms with E-state index in [0.29, 0.717) is 0 Å². The normalized spacial score (nSPS) is 12.1. The summed E-state index contributed by atoms with van der Waals surface area (Å²) in [5.74, 6) is 0. The van der Waals surface area contributed by atoms with Gasteiger partial charge in [0.1, 0.15) is 0 Å². The molecule has 0 unspecified atom stereocenters. The summed E-state index contributed by atoms with van der Waals surface area (Å²) in [5.41, 5.74) is 1.39. The van der Waals surface area contributed by atoms with Gasteiger partial charge < -0.3 is 8.85 Å². The standard InChI is InChI=1S/C13H24O2Si2/c1-14-17(5,15-2)11-10-12-6-8-13(9-7-12)16(3)4/h6-9,16H,10-11H2,1-5H3. The van der Waals surface area contributed by atoms with Gasteiger partial charge in [-0.2, -0.15) is 0 Å². The van der Waals surface area contributed by atoms with Crippen LogP contribution in [-0.2, 0) is 15.3 Å². The van der Waals surface area contributed by atoms with Crippen molar-refractivity contribution in [3.8, 4) is 0 Å². The van der Waals surface area contributed by atoms with Crippen LogP contribution in [0.1, 0.15) is 5.56 Å². The van der Waals surface area contributed by atoms with Gasteiger partial charge in [-0.1, -0.05) is 42.5 Å². The van der Waals surface area contributed by atoms with Gasteiger partial charge in [0.05, 0.1) is 8.80 Å². The molecular formula is C13H24O2Si2. The Hall–Kier alpha value is -0.426. The first-order valence-electron chi connectivity index (χ1n) is 6.20. The summed E-state index contributed by atoms with van der Waals surface area (Å²) in [6.45, 7) is 6.83. The second kappa shape index (κ2) is 6.49. The van der Waals surface area contributed by atoms with E-state index in [1.807, 2.05) is 0 Å². The van der Waals surface area contributed by atoms with Gasteiger partial charge in [-0.3, -0.25) is 0 Å². The maximum absolute atomic E-state index is 5.49. The summed E-state index contributed by atoms with van der Waals surface area (Å²) in [6, 6.07) is 10.1. The molecule has 0 radical (unpaired) electrons. The molecule has 0 aliphatic carbocycles. The Morgan fingerprint density at radius 2 is 1.59 bits per heavy atom. The van der Waals surface area contributed by atoms with Crippen LogP contribution in [0.15, 0.2) is 24.3 Å². The van der Waals surface area contributed by atoms with Crippen LogP contribution < -0.4 is 5.19 Å². The maximum atomic E-state index is 5.49. The molecule has 0 amide bonds. The summed E-state index contributed by atoms with van der Waals surface area (Å²) in [5, 5.41) is 1.53. The molecule has 0 aliphatic heterocycles. The van der Waals surface area contributed by atoms with E-state index in [1.165, 1.54) is 10.8 Å². The monoisotopic (exact) mass is 268 g/mol. The third kappa shape index (κ3) is 4.39. The molecule has 0 saturated carbocycles. The van der Waals surface area contributed by atoms with Crippen molar-refractivity contribution in [1.29, 1.82) is 0 Å². The molecule has 96 valence electrons. The minimum atomic E-state index is -1.91. The highest BCUT2D eigenvalue weighted by Crippen LogP contribution is 2.15. The van der Waals surface area contributed by atoms with Crippen LogP contribution in [0.5, 0.6) is 0 Å². The first kappa shape index (κ1) is 14.6. The van der Waals surface area contributed by atoms with Gasteiger partial charge in [-0.15, -0.1) is 0 Å². The van der Waals surface area contributed by atoms with E-state index in [2.05, 4.69) is 43.9 Å². The Morgan fingerprint density at radius 1 is 1.06 bits per heavy atom. The second-order valence-electron chi connectivity index (χ2n) is 4.94. The summed E-state index contributed by atoms with van der Waals surface area (Å²) in [7, 11) is 0.944. The molecule has 0 N–H and O–H groups in total. The Labute approximate surface area is 108 Å². The Kier molecular flexibility index (Phi) is 5.59. The van der Waals surface area contributed by atoms with E-state index in [0.717, 1.165) is 12.5 Å². The highest BCUT2D eigenvalue weighted by Gasteiger charge is 2.27. The summed E-state index contributed by atoms with van der Waals surface area (Å²) in [6.07, 6.45) is 1.05. The summed E-state index contributed by atoms with van der Waals surface area (Å²) in [4.78, 5) is 0. The zero-order valence-corrected chi connectivity index (χ0v) is 13.8. The molecule has 0 heterocycles. The average Bonchev–Trinajstić information content (AvgIpc) is 2.36. The third-order valence-electron chi connectivity index (χ3n) is 3.38. The lowest BCUT2D eigenvalue weighted by Crippen LogP contribution is -2.36. The van der Waals surface area contributed by atoms with Crippen LogP contribution in [0.2, 0.25) is 25.7 Å². The first-order valence-corrected chi connectivity index (χ1v) is 11.6. The topological polar surface area (TPSA) is 18.5 Å². The van der Waals surface area contributed by atoms with Crippen LogP contribution in [0, 0.1) is 0 Å².